The van der Waals surface area contributed by atoms with E-state index < -0.39 is 322 Å². The van der Waals surface area contributed by atoms with Gasteiger partial charge in [-0.05, 0) is 141 Å². The van der Waals surface area contributed by atoms with Crippen molar-refractivity contribution in [2.45, 2.75) is 59.3 Å². The van der Waals surface area contributed by atoms with E-state index in [9.17, 15) is 32.9 Å². The SMILES string of the molecule is [2H]c1c([2H])c2c3c(c1[2H])-n1c4c([2H])c([2H])c([2H])c([2H])c4c4c([2H])c([2H])c([2H])c(c41)N3c1c([2H])c(C)c([2H])c3c1B2c1c([2H])c([2H])c(-n2c4c([2H])c([2H])c(C(C)(C)C)c([2H])c4c4c([2H])c(C(C)(C)C)c([2H])c([2H])c42)c([2H])c1N3c1c([2H])c([2H])c(-c2c([2H])c([2H])c([2H])c3c2oc2c([2H])c([2H])c([2H])c([2H])c23)c([2H])c1[2H]. The number of para-hydroxylation sites is 5. The van der Waals surface area contributed by atoms with E-state index in [1.165, 1.54) is 6.92 Å². The van der Waals surface area contributed by atoms with Gasteiger partial charge in [0.1, 0.15) is 11.2 Å². The number of furan rings is 1. The van der Waals surface area contributed by atoms with Crippen molar-refractivity contribution in [2.75, 3.05) is 9.80 Å². The first-order valence-corrected chi connectivity index (χ1v) is 24.0. The predicted octanol–water partition coefficient (Wildman–Crippen LogP) is 16.7. The van der Waals surface area contributed by atoms with Crippen LogP contribution in [0.2, 0.25) is 0 Å². The second-order valence-electron chi connectivity index (χ2n) is 20.8. The average molecular weight is 997 g/mol. The van der Waals surface area contributed by atoms with Crippen LogP contribution in [0.1, 0.15) is 102 Å². The van der Waals surface area contributed by atoms with Crippen LogP contribution in [0.4, 0.5) is 34.1 Å². The molecule has 0 radical (unpaired) electrons. The molecule has 6 heteroatoms. The Bertz CT molecular complexity index is 6480. The summed E-state index contributed by atoms with van der Waals surface area (Å²) in [6, 6.07) is -26.0. The summed E-state index contributed by atoms with van der Waals surface area (Å²) in [4.78, 5) is 1.98. The number of hydrogen-bond acceptors (Lipinski definition) is 3. The second kappa shape index (κ2) is 14.7. The van der Waals surface area contributed by atoms with Crippen LogP contribution >= 0.6 is 0 Å². The van der Waals surface area contributed by atoms with Crippen molar-refractivity contribution in [3.05, 3.63) is 210 Å². The molecule has 5 nitrogen and oxygen atoms in total. The van der Waals surface area contributed by atoms with Crippen molar-refractivity contribution in [1.82, 2.24) is 9.13 Å². The lowest BCUT2D eigenvalue weighted by molar-refractivity contribution is 0.590. The van der Waals surface area contributed by atoms with Gasteiger partial charge in [0.05, 0.1) is 83.0 Å². The van der Waals surface area contributed by atoms with Crippen LogP contribution in [0, 0.1) is 6.92 Å². The van der Waals surface area contributed by atoms with E-state index in [2.05, 4.69) is 0 Å². The first-order chi connectivity index (χ1) is 49.8. The Morgan fingerprint density at radius 2 is 1.05 bits per heavy atom. The predicted molar refractivity (Wildman–Crippen MR) is 318 cm³/mol. The molecule has 0 unspecified atom stereocenters. The van der Waals surface area contributed by atoms with Gasteiger partial charge in [0.25, 0.3) is 6.71 Å². The van der Waals surface area contributed by atoms with E-state index in [1.807, 2.05) is 0 Å². The third-order valence-corrected chi connectivity index (χ3v) is 14.2. The molecule has 358 valence electrons. The van der Waals surface area contributed by atoms with Gasteiger partial charge in [-0.3, -0.25) is 0 Å². The minimum atomic E-state index is -2.03. The van der Waals surface area contributed by atoms with Crippen LogP contribution in [0.25, 0.3) is 88.1 Å². The maximum atomic E-state index is 11.1. The smallest absolute Gasteiger partial charge is 0.252 e. The number of fused-ring (bicyclic) bond motifs is 15. The molecule has 0 atom stereocenters. The molecule has 13 aromatic rings. The van der Waals surface area contributed by atoms with Crippen molar-refractivity contribution < 1.29 is 48.3 Å². The molecule has 0 N–H and O–H groups in total. The van der Waals surface area contributed by atoms with Crippen LogP contribution < -0.4 is 26.2 Å². The highest BCUT2D eigenvalue weighted by molar-refractivity contribution is 7.00. The number of aromatic nitrogens is 2. The molecule has 0 aliphatic carbocycles. The molecule has 0 fully saturated rings. The lowest BCUT2D eigenvalue weighted by Crippen LogP contribution is -2.61. The summed E-state index contributed by atoms with van der Waals surface area (Å²) in [6.07, 6.45) is 0. The Morgan fingerprint density at radius 3 is 1.80 bits per heavy atom. The van der Waals surface area contributed by atoms with Gasteiger partial charge < -0.3 is 23.4 Å². The quantitative estimate of drug-likeness (QED) is 0.165. The van der Waals surface area contributed by atoms with Crippen molar-refractivity contribution in [2.24, 2.45) is 0 Å². The second-order valence-corrected chi connectivity index (χ2v) is 20.8. The summed E-state index contributed by atoms with van der Waals surface area (Å²) in [5.41, 5.74) is -13.4. The van der Waals surface area contributed by atoms with Crippen molar-refractivity contribution in [1.29, 1.82) is 0 Å². The Kier molecular flexibility index (Phi) is 4.32. The first-order valence-electron chi connectivity index (χ1n) is 40.0. The Hall–Kier alpha value is -8.74. The van der Waals surface area contributed by atoms with Gasteiger partial charge in [0.15, 0.2) is 0 Å². The van der Waals surface area contributed by atoms with Gasteiger partial charge >= 0.3 is 0 Å². The fourth-order valence-electron chi connectivity index (χ4n) is 10.8. The maximum Gasteiger partial charge on any atom is 0.252 e. The standard InChI is InChI=1S/C69H53BN4O/c1-40-35-61-64-62(36-40)74-58-22-13-18-49-47-15-8-10-21-55(47)73(65(49)58)59-23-14-20-54(66(59)74)70(64)53-32-31-45(72-56-33-27-42(68(2,3)4)37-51(56)52-38-43(69(5,6)7)28-34-57(52)72)39-60(53)71(61)44-29-25-41(26-30-44)46-17-12-19-50-48-16-9-11-24-63(48)75-67(46)50/h8-39H,1-7H3/i8D,9D,10D,11D,12D,13D,14D,15D,16D,17D,18D,19D,20D,21D,22D,23D,24D,25D,26D,27D,28D,29D,30D,31D,32D,33D,34D,35D,36D,37D,38D,39D. The van der Waals surface area contributed by atoms with E-state index >= 15 is 0 Å². The molecule has 0 bridgehead atoms. The minimum Gasteiger partial charge on any atom is -0.455 e. The third kappa shape index (κ3) is 5.80. The maximum absolute atomic E-state index is 11.1. The largest absolute Gasteiger partial charge is 0.455 e. The molecule has 0 spiro atoms. The highest BCUT2D eigenvalue weighted by Crippen LogP contribution is 2.53. The Labute approximate surface area is 481 Å². The summed E-state index contributed by atoms with van der Waals surface area (Å²) in [6.45, 7) is 9.32. The molecule has 3 aliphatic heterocycles. The highest BCUT2D eigenvalue weighted by Gasteiger charge is 2.46. The highest BCUT2D eigenvalue weighted by atomic mass is 16.3. The van der Waals surface area contributed by atoms with Gasteiger partial charge in [0.2, 0.25) is 0 Å². The van der Waals surface area contributed by atoms with E-state index in [0.717, 1.165) is 18.9 Å². The number of rotatable bonds is 3. The average Bonchev–Trinajstić information content (AvgIpc) is 1.65. The zero-order valence-corrected chi connectivity index (χ0v) is 40.8. The number of benzene rings is 10. The monoisotopic (exact) mass is 997 g/mol. The summed E-state index contributed by atoms with van der Waals surface area (Å²) in [7, 11) is 0. The number of nitrogens with zero attached hydrogens (tertiary/aromatic N) is 4. The molecular weight excluding hydrogens is 912 g/mol. The van der Waals surface area contributed by atoms with E-state index in [1.54, 1.807) is 41.5 Å². The lowest BCUT2D eigenvalue weighted by atomic mass is 9.33. The zero-order chi connectivity index (χ0) is 78.2. The Morgan fingerprint density at radius 1 is 0.440 bits per heavy atom. The molecule has 0 amide bonds. The molecule has 10 aromatic carbocycles. The summed E-state index contributed by atoms with van der Waals surface area (Å²) >= 11 is 0. The molecule has 75 heavy (non-hydrogen) atoms. The van der Waals surface area contributed by atoms with Crippen LogP contribution in [-0.4, -0.2) is 15.8 Å². The zero-order valence-electron chi connectivity index (χ0n) is 72.8. The van der Waals surface area contributed by atoms with E-state index in [0.29, 0.717) is 0 Å². The van der Waals surface area contributed by atoms with Gasteiger partial charge in [-0.1, -0.05) is 150 Å². The number of anilines is 6. The molecule has 6 heterocycles. The van der Waals surface area contributed by atoms with Crippen LogP contribution in [0.15, 0.2) is 198 Å². The summed E-state index contributed by atoms with van der Waals surface area (Å²) in [5.74, 6) is 0. The van der Waals surface area contributed by atoms with Crippen LogP contribution in [0.3, 0.4) is 0 Å². The summed E-state index contributed by atoms with van der Waals surface area (Å²) < 4.78 is 320. The van der Waals surface area contributed by atoms with Gasteiger partial charge in [-0.2, -0.15) is 0 Å². The molecule has 3 aliphatic rings. The Balaban J connectivity index is 1.15. The van der Waals surface area contributed by atoms with Gasteiger partial charge in [-0.15, -0.1) is 0 Å². The van der Waals surface area contributed by atoms with Crippen LogP contribution in [0.5, 0.6) is 0 Å². The fourth-order valence-corrected chi connectivity index (χ4v) is 10.8. The van der Waals surface area contributed by atoms with Crippen LogP contribution in [-0.2, 0) is 10.8 Å². The van der Waals surface area contributed by atoms with Crippen molar-refractivity contribution >= 4 is 123 Å². The molecule has 0 saturated carbocycles. The topological polar surface area (TPSA) is 29.5 Å². The van der Waals surface area contributed by atoms with Gasteiger partial charge in [-0.25, -0.2) is 0 Å². The lowest BCUT2D eigenvalue weighted by Gasteiger charge is -2.46. The third-order valence-electron chi connectivity index (χ3n) is 14.2. The normalized spacial score (nSPS) is 19.7. The first kappa shape index (κ1) is 22.0. The summed E-state index contributed by atoms with van der Waals surface area (Å²) in [5, 5.41) is -2.13. The molecule has 16 rings (SSSR count). The number of hydrogen-bond donors (Lipinski definition) is 0. The van der Waals surface area contributed by atoms with Crippen molar-refractivity contribution in [3.63, 3.8) is 0 Å². The minimum absolute atomic E-state index is 0.00503. The molecular formula is C69H53BN4O. The van der Waals surface area contributed by atoms with E-state index in [-0.39, 0.29) is 43.8 Å². The van der Waals surface area contributed by atoms with Gasteiger partial charge in [0, 0.05) is 66.3 Å². The van der Waals surface area contributed by atoms with Crippen molar-refractivity contribution in [3.8, 4) is 22.5 Å². The fraction of sp³-hybridized carbons (Fsp3) is 0.130. The molecule has 3 aromatic heterocycles. The van der Waals surface area contributed by atoms with E-state index in [4.69, 9.17) is 15.4 Å². The molecule has 0 saturated heterocycles.